The number of thioether (sulfide) groups is 1. The lowest BCUT2D eigenvalue weighted by Crippen LogP contribution is -2.54. The number of β-lactam (4-membered cyclic amide) rings is 1. The molecule has 1 aromatic carbocycles. The molecule has 0 saturated carbocycles. The maximum absolute atomic E-state index is 11.7. The van der Waals surface area contributed by atoms with Gasteiger partial charge in [-0.3, -0.25) is 9.69 Å². The summed E-state index contributed by atoms with van der Waals surface area (Å²) in [5.74, 6) is -0.346. The molecular weight excluding hydrogens is 346 g/mol. The number of amides is 1. The minimum Gasteiger partial charge on any atom is -0.489 e. The molecule has 1 atom stereocenters. The minimum atomic E-state index is -1.12. The van der Waals surface area contributed by atoms with Gasteiger partial charge >= 0.3 is 11.6 Å². The van der Waals surface area contributed by atoms with Gasteiger partial charge in [-0.15, -0.1) is 11.8 Å². The first-order valence-corrected chi connectivity index (χ1v) is 8.63. The van der Waals surface area contributed by atoms with Crippen LogP contribution in [0.1, 0.15) is 6.42 Å². The van der Waals surface area contributed by atoms with Gasteiger partial charge in [0.1, 0.15) is 23.6 Å². The summed E-state index contributed by atoms with van der Waals surface area (Å²) < 4.78 is 10.8. The molecule has 1 fully saturated rings. The van der Waals surface area contributed by atoms with Gasteiger partial charge in [0.05, 0.1) is 11.8 Å². The topological polar surface area (TPSA) is 97.0 Å². The van der Waals surface area contributed by atoms with E-state index in [1.807, 2.05) is 0 Å². The van der Waals surface area contributed by atoms with Crippen LogP contribution in [-0.4, -0.2) is 39.6 Å². The molecule has 1 unspecified atom stereocenters. The summed E-state index contributed by atoms with van der Waals surface area (Å²) in [6.45, 7) is 0.0493. The molecule has 4 rings (SSSR count). The Hall–Kier alpha value is -2.74. The first kappa shape index (κ1) is 15.8. The van der Waals surface area contributed by atoms with Gasteiger partial charge in [0.2, 0.25) is 5.91 Å². The molecule has 7 nitrogen and oxygen atoms in total. The quantitative estimate of drug-likeness (QED) is 0.657. The maximum Gasteiger partial charge on any atom is 0.352 e. The van der Waals surface area contributed by atoms with Gasteiger partial charge in [0.25, 0.3) is 0 Å². The van der Waals surface area contributed by atoms with Crippen molar-refractivity contribution < 1.29 is 23.8 Å². The SMILES string of the molecule is O=C(O)C1=C(COc2ccc3ccc(=O)oc3c2)CSC2CC(=O)N12. The molecule has 1 N–H and O–H groups in total. The van der Waals surface area contributed by atoms with Crippen LogP contribution in [0.2, 0.25) is 0 Å². The Bertz CT molecular complexity index is 979. The second-order valence-corrected chi connectivity index (χ2v) is 6.90. The Labute approximate surface area is 145 Å². The summed E-state index contributed by atoms with van der Waals surface area (Å²) in [6.07, 6.45) is 0.374. The van der Waals surface area contributed by atoms with Gasteiger partial charge in [-0.05, 0) is 18.2 Å². The number of nitrogens with zero attached hydrogens (tertiary/aromatic N) is 1. The normalized spacial score (nSPS) is 19.6. The number of hydrogen-bond acceptors (Lipinski definition) is 6. The van der Waals surface area contributed by atoms with Crippen molar-refractivity contribution in [1.29, 1.82) is 0 Å². The average molecular weight is 359 g/mol. The van der Waals surface area contributed by atoms with Crippen LogP contribution in [0.15, 0.2) is 50.8 Å². The Kier molecular flexibility index (Phi) is 3.76. The highest BCUT2D eigenvalue weighted by molar-refractivity contribution is 8.00. The number of aliphatic carboxylic acids is 1. The molecule has 128 valence electrons. The van der Waals surface area contributed by atoms with E-state index in [1.54, 1.807) is 24.3 Å². The Morgan fingerprint density at radius 2 is 2.12 bits per heavy atom. The molecule has 2 aromatic rings. The molecular formula is C17H13NO6S. The molecule has 0 aliphatic carbocycles. The molecule has 0 radical (unpaired) electrons. The number of hydrogen-bond donors (Lipinski definition) is 1. The van der Waals surface area contributed by atoms with Gasteiger partial charge < -0.3 is 14.3 Å². The van der Waals surface area contributed by atoms with E-state index >= 15 is 0 Å². The van der Waals surface area contributed by atoms with E-state index in [9.17, 15) is 19.5 Å². The molecule has 1 aromatic heterocycles. The Balaban J connectivity index is 1.59. The summed E-state index contributed by atoms with van der Waals surface area (Å²) >= 11 is 1.53. The second kappa shape index (κ2) is 5.96. The number of carbonyl (C=O) groups excluding carboxylic acids is 1. The first-order valence-electron chi connectivity index (χ1n) is 7.58. The summed E-state index contributed by atoms with van der Waals surface area (Å²) in [5.41, 5.74) is 0.517. The van der Waals surface area contributed by atoms with E-state index in [1.165, 1.54) is 22.7 Å². The third kappa shape index (κ3) is 2.78. The third-order valence-electron chi connectivity index (χ3n) is 4.14. The number of fused-ring (bicyclic) bond motifs is 2. The molecule has 1 saturated heterocycles. The molecule has 8 heteroatoms. The Morgan fingerprint density at radius 3 is 2.88 bits per heavy atom. The minimum absolute atomic E-state index is 0.0207. The number of ether oxygens (including phenoxy) is 1. The molecule has 1 amide bonds. The van der Waals surface area contributed by atoms with Crippen molar-refractivity contribution in [1.82, 2.24) is 4.90 Å². The van der Waals surface area contributed by atoms with E-state index in [2.05, 4.69) is 0 Å². The summed E-state index contributed by atoms with van der Waals surface area (Å²) in [6, 6.07) is 8.06. The van der Waals surface area contributed by atoms with Gasteiger partial charge in [-0.1, -0.05) is 0 Å². The zero-order valence-electron chi connectivity index (χ0n) is 12.9. The lowest BCUT2D eigenvalue weighted by atomic mass is 10.1. The van der Waals surface area contributed by atoms with Crippen LogP contribution in [-0.2, 0) is 9.59 Å². The van der Waals surface area contributed by atoms with E-state index in [0.29, 0.717) is 29.1 Å². The summed E-state index contributed by atoms with van der Waals surface area (Å²) in [4.78, 5) is 35.9. The molecule has 2 aliphatic heterocycles. The highest BCUT2D eigenvalue weighted by atomic mass is 32.2. The predicted octanol–water partition coefficient (Wildman–Crippen LogP) is 1.82. The lowest BCUT2D eigenvalue weighted by molar-refractivity contribution is -0.146. The highest BCUT2D eigenvalue weighted by Gasteiger charge is 2.45. The fraction of sp³-hybridized carbons (Fsp3) is 0.235. The first-order chi connectivity index (χ1) is 12.0. The maximum atomic E-state index is 11.7. The van der Waals surface area contributed by atoms with Crippen LogP contribution in [0.25, 0.3) is 11.0 Å². The van der Waals surface area contributed by atoms with Crippen molar-refractivity contribution in [3.8, 4) is 5.75 Å². The van der Waals surface area contributed by atoms with E-state index < -0.39 is 11.6 Å². The molecule has 3 heterocycles. The highest BCUT2D eigenvalue weighted by Crippen LogP contribution is 2.40. The van der Waals surface area contributed by atoms with Crippen LogP contribution in [0.5, 0.6) is 5.75 Å². The van der Waals surface area contributed by atoms with E-state index in [4.69, 9.17) is 9.15 Å². The average Bonchev–Trinajstić information content (AvgIpc) is 2.58. The van der Waals surface area contributed by atoms with Crippen LogP contribution in [0, 0.1) is 0 Å². The van der Waals surface area contributed by atoms with Crippen LogP contribution < -0.4 is 10.4 Å². The second-order valence-electron chi connectivity index (χ2n) is 5.73. The van der Waals surface area contributed by atoms with Gasteiger partial charge in [-0.25, -0.2) is 9.59 Å². The van der Waals surface area contributed by atoms with Crippen molar-refractivity contribution in [2.75, 3.05) is 12.4 Å². The van der Waals surface area contributed by atoms with Crippen LogP contribution in [0.4, 0.5) is 0 Å². The molecule has 25 heavy (non-hydrogen) atoms. The van der Waals surface area contributed by atoms with E-state index in [0.717, 1.165) is 5.39 Å². The number of rotatable bonds is 4. The van der Waals surface area contributed by atoms with E-state index in [-0.39, 0.29) is 23.6 Å². The lowest BCUT2D eigenvalue weighted by Gasteiger charge is -2.43. The van der Waals surface area contributed by atoms with Crippen molar-refractivity contribution >= 4 is 34.6 Å². The van der Waals surface area contributed by atoms with Gasteiger partial charge in [0, 0.05) is 28.8 Å². The number of carbonyl (C=O) groups is 2. The van der Waals surface area contributed by atoms with Crippen molar-refractivity contribution in [3.05, 3.63) is 52.0 Å². The zero-order valence-corrected chi connectivity index (χ0v) is 13.7. The fourth-order valence-corrected chi connectivity index (χ4v) is 4.14. The zero-order chi connectivity index (χ0) is 17.6. The largest absolute Gasteiger partial charge is 0.489 e. The van der Waals surface area contributed by atoms with Crippen LogP contribution in [0.3, 0.4) is 0 Å². The predicted molar refractivity (Wildman–Crippen MR) is 90.3 cm³/mol. The van der Waals surface area contributed by atoms with Crippen molar-refractivity contribution in [3.63, 3.8) is 0 Å². The van der Waals surface area contributed by atoms with Crippen molar-refractivity contribution in [2.24, 2.45) is 0 Å². The standard InChI is InChI=1S/C17H13NO6S/c19-13-6-14-18(13)16(17(21)22)10(8-25-14)7-23-11-3-1-9-2-4-15(20)24-12(9)5-11/h1-5,14H,6-8H2,(H,21,22). The molecule has 2 aliphatic rings. The molecule has 0 bridgehead atoms. The summed E-state index contributed by atoms with van der Waals surface area (Å²) in [7, 11) is 0. The van der Waals surface area contributed by atoms with Gasteiger partial charge in [-0.2, -0.15) is 0 Å². The fourth-order valence-electron chi connectivity index (χ4n) is 2.89. The van der Waals surface area contributed by atoms with Crippen LogP contribution >= 0.6 is 11.8 Å². The third-order valence-corrected chi connectivity index (χ3v) is 5.42. The molecule has 0 spiro atoms. The van der Waals surface area contributed by atoms with Crippen molar-refractivity contribution in [2.45, 2.75) is 11.8 Å². The summed E-state index contributed by atoms with van der Waals surface area (Å²) in [5, 5.41) is 10.1. The monoisotopic (exact) mass is 359 g/mol. The number of carboxylic acid groups (broad SMARTS) is 1. The van der Waals surface area contributed by atoms with Gasteiger partial charge in [0.15, 0.2) is 0 Å². The number of benzene rings is 1. The Morgan fingerprint density at radius 1 is 1.32 bits per heavy atom. The number of carboxylic acids is 1. The smallest absolute Gasteiger partial charge is 0.352 e.